The number of pyridine rings is 1. The first kappa shape index (κ1) is 63.4. The number of amides is 4. The minimum Gasteiger partial charge on any atom is -0.451 e. The third kappa shape index (κ3) is 17.5. The summed E-state index contributed by atoms with van der Waals surface area (Å²) < 4.78 is 25.9. The minimum absolute atomic E-state index is 0.0823. The van der Waals surface area contributed by atoms with Gasteiger partial charge in [-0.1, -0.05) is 110 Å². The number of benzene rings is 2. The molecule has 4 amide bonds. The molecular weight excluding hydrogens is 1020 g/mol. The number of likely N-dealkylation sites (N-methyl/N-ethyl adjacent to an activating group) is 4. The third-order valence-electron chi connectivity index (χ3n) is 14.2. The van der Waals surface area contributed by atoms with E-state index in [-0.39, 0.29) is 62.2 Å². The second kappa shape index (κ2) is 29.1. The maximum Gasteiger partial charge on any atom is 0.329 e. The fourth-order valence-electron chi connectivity index (χ4n) is 9.63. The van der Waals surface area contributed by atoms with Crippen LogP contribution in [0.3, 0.4) is 0 Å². The Bertz CT molecular complexity index is 2710. The predicted octanol–water partition coefficient (Wildman–Crippen LogP) is 6.97. The molecule has 0 bridgehead atoms. The van der Waals surface area contributed by atoms with Gasteiger partial charge in [-0.25, -0.2) is 19.2 Å². The Morgan fingerprint density at radius 1 is 0.438 bits per heavy atom. The topological polar surface area (TPSA) is 217 Å². The molecule has 0 saturated carbocycles. The Morgan fingerprint density at radius 2 is 0.787 bits per heavy atom. The maximum atomic E-state index is 15.0. The number of cyclic esters (lactones) is 4. The number of aromatic nitrogens is 3. The van der Waals surface area contributed by atoms with E-state index >= 15 is 4.79 Å². The van der Waals surface area contributed by atoms with Gasteiger partial charge in [0.1, 0.15) is 24.2 Å². The second-order valence-corrected chi connectivity index (χ2v) is 22.8. The van der Waals surface area contributed by atoms with Crippen LogP contribution >= 0.6 is 0 Å². The highest BCUT2D eigenvalue weighted by molar-refractivity contribution is 5.94. The van der Waals surface area contributed by atoms with E-state index in [1.165, 1.54) is 42.0 Å². The average molecular weight is 1110 g/mol. The summed E-state index contributed by atoms with van der Waals surface area (Å²) in [4.78, 5) is 125. The number of carbonyl (C=O) groups excluding carboxylic acids is 8. The lowest BCUT2D eigenvalue weighted by Gasteiger charge is -2.35. The van der Waals surface area contributed by atoms with Gasteiger partial charge < -0.3 is 38.5 Å². The predicted molar refractivity (Wildman–Crippen MR) is 300 cm³/mol. The van der Waals surface area contributed by atoms with Gasteiger partial charge in [-0.3, -0.25) is 28.8 Å². The van der Waals surface area contributed by atoms with Gasteiger partial charge in [0.15, 0.2) is 24.4 Å². The van der Waals surface area contributed by atoms with Crippen LogP contribution in [-0.4, -0.2) is 159 Å². The van der Waals surface area contributed by atoms with Gasteiger partial charge in [-0.2, -0.15) is 5.10 Å². The van der Waals surface area contributed by atoms with Crippen molar-refractivity contribution in [1.82, 2.24) is 34.4 Å². The quantitative estimate of drug-likeness (QED) is 0.0868. The zero-order valence-corrected chi connectivity index (χ0v) is 49.1. The molecule has 5 rings (SSSR count). The highest BCUT2D eigenvalue weighted by atomic mass is 16.6. The van der Waals surface area contributed by atoms with E-state index in [1.807, 2.05) is 85.9 Å². The molecule has 8 atom stereocenters. The summed E-state index contributed by atoms with van der Waals surface area (Å²) in [7, 11) is 5.57. The fraction of sp³-hybridized carbons (Fsp3) is 0.541. The molecule has 1 saturated heterocycles. The van der Waals surface area contributed by atoms with Gasteiger partial charge in [0.05, 0.1) is 12.7 Å². The number of nitrogens with zero attached hydrogens (tertiary/aromatic N) is 7. The fourth-order valence-corrected chi connectivity index (χ4v) is 9.63. The molecule has 19 heteroatoms. The van der Waals surface area contributed by atoms with Crippen LogP contribution in [0.1, 0.15) is 112 Å². The van der Waals surface area contributed by atoms with E-state index in [0.29, 0.717) is 17.7 Å². The van der Waals surface area contributed by atoms with Crippen molar-refractivity contribution in [3.63, 3.8) is 0 Å². The second-order valence-electron chi connectivity index (χ2n) is 22.8. The van der Waals surface area contributed by atoms with Gasteiger partial charge in [0.2, 0.25) is 0 Å². The zero-order valence-electron chi connectivity index (χ0n) is 49.1. The van der Waals surface area contributed by atoms with Crippen molar-refractivity contribution in [3.8, 4) is 11.1 Å². The lowest BCUT2D eigenvalue weighted by molar-refractivity contribution is -0.176. The molecule has 1 aliphatic rings. The van der Waals surface area contributed by atoms with Crippen molar-refractivity contribution < 1.29 is 57.3 Å². The Balaban J connectivity index is 1.57. The molecule has 19 nitrogen and oxygen atoms in total. The summed E-state index contributed by atoms with van der Waals surface area (Å²) >= 11 is 0. The Hall–Kier alpha value is -7.44. The first-order valence-corrected chi connectivity index (χ1v) is 27.7. The van der Waals surface area contributed by atoms with Gasteiger partial charge >= 0.3 is 23.9 Å². The molecule has 0 radical (unpaired) electrons. The number of hydrogen-bond acceptors (Lipinski definition) is 14. The molecule has 80 heavy (non-hydrogen) atoms. The molecule has 1 fully saturated rings. The summed E-state index contributed by atoms with van der Waals surface area (Å²) in [6, 6.07) is 14.9. The molecule has 4 aromatic rings. The largest absolute Gasteiger partial charge is 0.451 e. The number of esters is 4. The molecule has 0 unspecified atom stereocenters. The summed E-state index contributed by atoms with van der Waals surface area (Å²) in [5.74, 6) is -7.36. The van der Waals surface area contributed by atoms with Crippen molar-refractivity contribution >= 4 is 47.5 Å². The first-order valence-electron chi connectivity index (χ1n) is 27.7. The molecule has 0 aliphatic carbocycles. The van der Waals surface area contributed by atoms with E-state index in [1.54, 1.807) is 65.7 Å². The van der Waals surface area contributed by atoms with Gasteiger partial charge in [0, 0.05) is 65.2 Å². The summed E-state index contributed by atoms with van der Waals surface area (Å²) in [5.41, 5.74) is 4.03. The van der Waals surface area contributed by atoms with E-state index in [9.17, 15) is 33.6 Å². The number of hydrogen-bond donors (Lipinski definition) is 0. The highest BCUT2D eigenvalue weighted by Crippen LogP contribution is 2.25. The Labute approximate surface area is 471 Å². The Morgan fingerprint density at radius 3 is 1.18 bits per heavy atom. The van der Waals surface area contributed by atoms with E-state index < -0.39 is 96.1 Å². The molecule has 2 aromatic carbocycles. The average Bonchev–Trinajstić information content (AvgIpc) is 3.89. The maximum absolute atomic E-state index is 15.0. The summed E-state index contributed by atoms with van der Waals surface area (Å²) in [5, 5.41) is 4.53. The molecular formula is C61H83N7O12. The Kier molecular flexibility index (Phi) is 23.1. The van der Waals surface area contributed by atoms with E-state index in [4.69, 9.17) is 18.9 Å². The molecule has 2 aromatic heterocycles. The molecule has 0 spiro atoms. The van der Waals surface area contributed by atoms with E-state index in [0.717, 1.165) is 36.3 Å². The SMILES string of the molecule is CC(C)C[C@H]1C(=O)O[C@H](Cc2ccc(Cn3cc(-c4ccncc4)cn3)cc2)C(=O)N(C)[C@@H](CC(C)C)C(=O)O[C@H](C)C(=O)N(C)[C@@H](CC(C)C)C(=O)O[C@H](Cc2ccccc2)C(=O)N(C)[C@@H](CC(C)C)C(=O)O[C@H](C)C(=O)N1C. The van der Waals surface area contributed by atoms with Gasteiger partial charge in [-0.05, 0) is 97.6 Å². The molecule has 1 aliphatic heterocycles. The van der Waals surface area contributed by atoms with Crippen LogP contribution < -0.4 is 0 Å². The minimum atomic E-state index is -1.54. The molecule has 3 heterocycles. The van der Waals surface area contributed by atoms with Crippen LogP contribution in [0, 0.1) is 23.7 Å². The van der Waals surface area contributed by atoms with Crippen molar-refractivity contribution in [3.05, 3.63) is 108 Å². The third-order valence-corrected chi connectivity index (χ3v) is 14.2. The van der Waals surface area contributed by atoms with Crippen LogP contribution in [-0.2, 0) is 76.7 Å². The van der Waals surface area contributed by atoms with Crippen LogP contribution in [0.2, 0.25) is 0 Å². The van der Waals surface area contributed by atoms with Gasteiger partial charge in [-0.15, -0.1) is 0 Å². The highest BCUT2D eigenvalue weighted by Gasteiger charge is 2.43. The first-order chi connectivity index (χ1) is 37.7. The standard InChI is InChI=1S/C61H83N7O12/c1-37(2)28-48-58(73)77-42(10)55(70)65(12)51(31-40(7)8)61(76)80-53(33-44-20-22-45(23-21-44)35-68-36-47(34-63-68)46-24-26-62-27-25-46)57(72)67(14)49(29-38(3)4)59(74)78-41(9)54(69)64(11)50(30-39(5)6)60(75)79-52(56(71)66(48)13)32-43-18-16-15-17-19-43/h15-27,34,36-42,48-53H,28-33,35H2,1-14H3/t41-,42-,48+,49+,50+,51+,52-,53-/m1/s1. The van der Waals surface area contributed by atoms with Crippen LogP contribution in [0.15, 0.2) is 91.5 Å². The smallest absolute Gasteiger partial charge is 0.329 e. The van der Waals surface area contributed by atoms with Crippen molar-refractivity contribution in [2.45, 2.75) is 163 Å². The number of ether oxygens (including phenoxy) is 4. The normalized spacial score (nSPS) is 23.2. The van der Waals surface area contributed by atoms with E-state index in [2.05, 4.69) is 10.1 Å². The lowest BCUT2D eigenvalue weighted by atomic mass is 9.99. The molecule has 434 valence electrons. The van der Waals surface area contributed by atoms with Crippen LogP contribution in [0.25, 0.3) is 11.1 Å². The monoisotopic (exact) mass is 1110 g/mol. The number of rotatable bonds is 15. The number of carbonyl (C=O) groups is 8. The molecule has 0 N–H and O–H groups in total. The van der Waals surface area contributed by atoms with Gasteiger partial charge in [0.25, 0.3) is 23.6 Å². The van der Waals surface area contributed by atoms with Crippen molar-refractivity contribution in [1.29, 1.82) is 0 Å². The van der Waals surface area contributed by atoms with Crippen molar-refractivity contribution in [2.24, 2.45) is 23.7 Å². The zero-order chi connectivity index (χ0) is 59.1. The lowest BCUT2D eigenvalue weighted by Crippen LogP contribution is -2.55. The summed E-state index contributed by atoms with van der Waals surface area (Å²) in [6.07, 6.45) is 1.25. The van der Waals surface area contributed by atoms with Crippen LogP contribution in [0.5, 0.6) is 0 Å². The van der Waals surface area contributed by atoms with Crippen LogP contribution in [0.4, 0.5) is 0 Å². The van der Waals surface area contributed by atoms with Crippen molar-refractivity contribution in [2.75, 3.05) is 28.2 Å². The summed E-state index contributed by atoms with van der Waals surface area (Å²) in [6.45, 7) is 18.0.